The first-order valence-corrected chi connectivity index (χ1v) is 9.57. The number of para-hydroxylation sites is 1. The number of fused-ring (bicyclic) bond motifs is 1. The van der Waals surface area contributed by atoms with Gasteiger partial charge in [0, 0.05) is 30.4 Å². The van der Waals surface area contributed by atoms with Gasteiger partial charge in [-0.15, -0.1) is 0 Å². The number of aromatic nitrogens is 1. The lowest BCUT2D eigenvalue weighted by molar-refractivity contribution is 0.0990. The maximum absolute atomic E-state index is 13.5. The second kappa shape index (κ2) is 6.75. The molecule has 1 saturated carbocycles. The Morgan fingerprint density at radius 1 is 1.11 bits per heavy atom. The Kier molecular flexibility index (Phi) is 4.08. The van der Waals surface area contributed by atoms with E-state index in [2.05, 4.69) is 16.4 Å². The van der Waals surface area contributed by atoms with Gasteiger partial charge in [0.1, 0.15) is 11.6 Å². The second-order valence-corrected chi connectivity index (χ2v) is 7.38. The number of carbonyl (C=O) groups excluding carboxylic acids is 1. The fraction of sp³-hybridized carbons (Fsp3) is 0.217. The molecule has 1 N–H and O–H groups in total. The van der Waals surface area contributed by atoms with Crippen LogP contribution in [0.2, 0.25) is 0 Å². The smallest absolute Gasteiger partial charge is 0.262 e. The van der Waals surface area contributed by atoms with E-state index in [0.717, 1.165) is 24.1 Å². The summed E-state index contributed by atoms with van der Waals surface area (Å²) < 4.78 is 13.5. The van der Waals surface area contributed by atoms with Crippen LogP contribution in [0, 0.1) is 5.82 Å². The Bertz CT molecular complexity index is 1050. The van der Waals surface area contributed by atoms with E-state index in [-0.39, 0.29) is 23.7 Å². The number of nitrogens with zero attached hydrogens (tertiary/aromatic N) is 2. The highest BCUT2D eigenvalue weighted by Crippen LogP contribution is 2.43. The van der Waals surface area contributed by atoms with Gasteiger partial charge in [0.2, 0.25) is 0 Å². The van der Waals surface area contributed by atoms with E-state index in [1.807, 2.05) is 35.2 Å². The molecular formula is C23H20FN3O. The van der Waals surface area contributed by atoms with Crippen molar-refractivity contribution in [1.82, 2.24) is 4.98 Å². The van der Waals surface area contributed by atoms with Crippen LogP contribution in [0.3, 0.4) is 0 Å². The van der Waals surface area contributed by atoms with Gasteiger partial charge in [-0.3, -0.25) is 4.79 Å². The summed E-state index contributed by atoms with van der Waals surface area (Å²) in [6.45, 7) is 0.682. The van der Waals surface area contributed by atoms with Gasteiger partial charge in [0.15, 0.2) is 0 Å². The van der Waals surface area contributed by atoms with Gasteiger partial charge in [0.05, 0.1) is 5.56 Å². The third-order valence-electron chi connectivity index (χ3n) is 5.56. The number of hydrogen-bond donors (Lipinski definition) is 1. The van der Waals surface area contributed by atoms with E-state index in [1.54, 1.807) is 24.4 Å². The van der Waals surface area contributed by atoms with E-state index in [9.17, 15) is 9.18 Å². The highest BCUT2D eigenvalue weighted by molar-refractivity contribution is 6.10. The maximum Gasteiger partial charge on any atom is 0.262 e. The van der Waals surface area contributed by atoms with Gasteiger partial charge in [-0.1, -0.05) is 30.3 Å². The SMILES string of the molecule is O=C(c1cccnc1N[C@@H]1C[C@H]1c1cccc(F)c1)N1CCc2ccccc21. The summed E-state index contributed by atoms with van der Waals surface area (Å²) in [7, 11) is 0. The number of pyridine rings is 1. The molecule has 3 aromatic rings. The minimum Gasteiger partial charge on any atom is -0.366 e. The van der Waals surface area contributed by atoms with Gasteiger partial charge in [0.25, 0.3) is 5.91 Å². The molecule has 28 heavy (non-hydrogen) atoms. The van der Waals surface area contributed by atoms with Crippen LogP contribution in [0.25, 0.3) is 0 Å². The average molecular weight is 373 g/mol. The summed E-state index contributed by atoms with van der Waals surface area (Å²) in [5, 5.41) is 3.40. The number of carbonyl (C=O) groups is 1. The lowest BCUT2D eigenvalue weighted by atomic mass is 10.1. The van der Waals surface area contributed by atoms with Crippen molar-refractivity contribution in [3.63, 3.8) is 0 Å². The fourth-order valence-corrected chi connectivity index (χ4v) is 4.02. The molecule has 1 amide bonds. The topological polar surface area (TPSA) is 45.2 Å². The molecule has 2 atom stereocenters. The molecule has 2 heterocycles. The summed E-state index contributed by atoms with van der Waals surface area (Å²) in [6.07, 6.45) is 3.46. The molecular weight excluding hydrogens is 353 g/mol. The molecule has 4 nitrogen and oxygen atoms in total. The molecule has 0 saturated heterocycles. The Balaban J connectivity index is 1.36. The predicted molar refractivity (Wildman–Crippen MR) is 107 cm³/mol. The first-order valence-electron chi connectivity index (χ1n) is 9.57. The lowest BCUT2D eigenvalue weighted by Gasteiger charge is -2.19. The molecule has 1 aliphatic heterocycles. The number of hydrogen-bond acceptors (Lipinski definition) is 3. The summed E-state index contributed by atoms with van der Waals surface area (Å²) in [4.78, 5) is 19.5. The van der Waals surface area contributed by atoms with Gasteiger partial charge < -0.3 is 10.2 Å². The maximum atomic E-state index is 13.5. The van der Waals surface area contributed by atoms with Crippen molar-refractivity contribution in [3.8, 4) is 0 Å². The molecule has 1 aliphatic carbocycles. The highest BCUT2D eigenvalue weighted by atomic mass is 19.1. The first-order chi connectivity index (χ1) is 13.7. The summed E-state index contributed by atoms with van der Waals surface area (Å²) in [6, 6.07) is 18.5. The van der Waals surface area contributed by atoms with Crippen LogP contribution in [0.5, 0.6) is 0 Å². The minimum absolute atomic E-state index is 0.0384. The van der Waals surface area contributed by atoms with Gasteiger partial charge in [-0.25, -0.2) is 9.37 Å². The first kappa shape index (κ1) is 16.9. The van der Waals surface area contributed by atoms with Crippen molar-refractivity contribution in [1.29, 1.82) is 0 Å². The molecule has 1 aromatic heterocycles. The van der Waals surface area contributed by atoms with Crippen LogP contribution in [-0.4, -0.2) is 23.5 Å². The van der Waals surface area contributed by atoms with Crippen molar-refractivity contribution in [2.45, 2.75) is 24.8 Å². The fourth-order valence-electron chi connectivity index (χ4n) is 4.02. The van der Waals surface area contributed by atoms with Crippen LogP contribution in [-0.2, 0) is 6.42 Å². The minimum atomic E-state index is -0.218. The number of amides is 1. The molecule has 0 unspecified atom stereocenters. The van der Waals surface area contributed by atoms with Crippen molar-refractivity contribution in [3.05, 3.63) is 89.4 Å². The molecule has 1 fully saturated rings. The number of anilines is 2. The predicted octanol–water partition coefficient (Wildman–Crippen LogP) is 4.39. The molecule has 140 valence electrons. The normalized spacial score (nSPS) is 20.0. The summed E-state index contributed by atoms with van der Waals surface area (Å²) >= 11 is 0. The van der Waals surface area contributed by atoms with E-state index >= 15 is 0 Å². The zero-order valence-electron chi connectivity index (χ0n) is 15.3. The van der Waals surface area contributed by atoms with Crippen LogP contribution in [0.4, 0.5) is 15.9 Å². The number of halogens is 1. The van der Waals surface area contributed by atoms with E-state index in [1.165, 1.54) is 11.6 Å². The molecule has 5 heteroatoms. The van der Waals surface area contributed by atoms with Gasteiger partial charge >= 0.3 is 0 Å². The highest BCUT2D eigenvalue weighted by Gasteiger charge is 2.39. The molecule has 2 aliphatic rings. The van der Waals surface area contributed by atoms with E-state index < -0.39 is 0 Å². The van der Waals surface area contributed by atoms with Crippen molar-refractivity contribution >= 4 is 17.4 Å². The standard InChI is InChI=1S/C23H20FN3O/c24-17-7-3-6-16(13-17)19-14-20(19)26-22-18(8-4-11-25-22)23(28)27-12-10-15-5-1-2-9-21(15)27/h1-9,11,13,19-20H,10,12,14H2,(H,25,26)/t19-,20+/m0/s1. The van der Waals surface area contributed by atoms with Gasteiger partial charge in [-0.05, 0) is 54.3 Å². The Morgan fingerprint density at radius 2 is 2.00 bits per heavy atom. The van der Waals surface area contributed by atoms with E-state index in [4.69, 9.17) is 0 Å². The monoisotopic (exact) mass is 373 g/mol. The number of benzene rings is 2. The molecule has 2 aromatic carbocycles. The Hall–Kier alpha value is -3.21. The molecule has 5 rings (SSSR count). The van der Waals surface area contributed by atoms with Crippen LogP contribution in [0.1, 0.15) is 33.8 Å². The Labute approximate surface area is 163 Å². The lowest BCUT2D eigenvalue weighted by Crippen LogP contribution is -2.30. The summed E-state index contributed by atoms with van der Waals surface area (Å²) in [5.74, 6) is 0.585. The van der Waals surface area contributed by atoms with Crippen molar-refractivity contribution in [2.24, 2.45) is 0 Å². The average Bonchev–Trinajstić information content (AvgIpc) is 3.35. The van der Waals surface area contributed by atoms with E-state index in [0.29, 0.717) is 17.9 Å². The zero-order chi connectivity index (χ0) is 19.1. The largest absolute Gasteiger partial charge is 0.366 e. The van der Waals surface area contributed by atoms with Crippen molar-refractivity contribution < 1.29 is 9.18 Å². The Morgan fingerprint density at radius 3 is 2.89 bits per heavy atom. The third kappa shape index (κ3) is 3.03. The van der Waals surface area contributed by atoms with Crippen LogP contribution >= 0.6 is 0 Å². The van der Waals surface area contributed by atoms with Gasteiger partial charge in [-0.2, -0.15) is 0 Å². The summed E-state index contributed by atoms with van der Waals surface area (Å²) in [5.41, 5.74) is 3.73. The zero-order valence-corrected chi connectivity index (χ0v) is 15.3. The molecule has 0 bridgehead atoms. The van der Waals surface area contributed by atoms with Crippen molar-refractivity contribution in [2.75, 3.05) is 16.8 Å². The molecule has 0 radical (unpaired) electrons. The van der Waals surface area contributed by atoms with Crippen LogP contribution in [0.15, 0.2) is 66.9 Å². The quantitative estimate of drug-likeness (QED) is 0.738. The number of nitrogens with one attached hydrogen (secondary N) is 1. The molecule has 0 spiro atoms. The van der Waals surface area contributed by atoms with Crippen LogP contribution < -0.4 is 10.2 Å². The second-order valence-electron chi connectivity index (χ2n) is 7.38. The number of rotatable bonds is 4. The third-order valence-corrected chi connectivity index (χ3v) is 5.56.